The van der Waals surface area contributed by atoms with E-state index in [2.05, 4.69) is 26.1 Å². The standard InChI is InChI=1S/C27H28N2O2S/c1-18-9-15-21(16-10-18)29-24(30)17-32-26(29)22-7-5-6-8-23(22)28-25(31)19-11-13-20(14-12-19)27(2,3)4/h5-16,26H,17H2,1-4H3,(H,28,31)/t26-/m1/s1. The van der Waals surface area contributed by atoms with Crippen LogP contribution < -0.4 is 10.2 Å². The van der Waals surface area contributed by atoms with E-state index in [4.69, 9.17) is 0 Å². The fraction of sp³-hybridized carbons (Fsp3) is 0.259. The van der Waals surface area contributed by atoms with E-state index >= 15 is 0 Å². The normalized spacial score (nSPS) is 16.3. The van der Waals surface area contributed by atoms with Crippen LogP contribution in [0.4, 0.5) is 11.4 Å². The van der Waals surface area contributed by atoms with Crippen LogP contribution in [-0.2, 0) is 10.2 Å². The number of hydrogen-bond acceptors (Lipinski definition) is 3. The third kappa shape index (κ3) is 4.58. The van der Waals surface area contributed by atoms with Crippen LogP contribution in [0.25, 0.3) is 0 Å². The second kappa shape index (κ2) is 8.83. The molecule has 1 saturated heterocycles. The predicted octanol–water partition coefficient (Wildman–Crippen LogP) is 6.32. The number of benzene rings is 3. The molecule has 4 rings (SSSR count). The van der Waals surface area contributed by atoms with Crippen molar-refractivity contribution >= 4 is 35.0 Å². The molecular weight excluding hydrogens is 416 g/mol. The van der Waals surface area contributed by atoms with Gasteiger partial charge in [-0.05, 0) is 48.2 Å². The summed E-state index contributed by atoms with van der Waals surface area (Å²) in [7, 11) is 0. The number of anilines is 2. The van der Waals surface area contributed by atoms with Gasteiger partial charge in [0, 0.05) is 22.5 Å². The molecule has 1 fully saturated rings. The van der Waals surface area contributed by atoms with Crippen LogP contribution in [0, 0.1) is 6.92 Å². The van der Waals surface area contributed by atoms with Crippen LogP contribution in [0.3, 0.4) is 0 Å². The first-order valence-electron chi connectivity index (χ1n) is 10.8. The van der Waals surface area contributed by atoms with Gasteiger partial charge in [-0.25, -0.2) is 0 Å². The lowest BCUT2D eigenvalue weighted by molar-refractivity contribution is -0.115. The molecular formula is C27H28N2O2S. The molecule has 1 aliphatic rings. The fourth-order valence-electron chi connectivity index (χ4n) is 3.78. The van der Waals surface area contributed by atoms with Gasteiger partial charge in [-0.2, -0.15) is 0 Å². The minimum atomic E-state index is -0.190. The van der Waals surface area contributed by atoms with Crippen molar-refractivity contribution in [2.24, 2.45) is 0 Å². The molecule has 0 saturated carbocycles. The van der Waals surface area contributed by atoms with Gasteiger partial charge in [0.05, 0.1) is 5.75 Å². The summed E-state index contributed by atoms with van der Waals surface area (Å²) in [5.74, 6) is 0.326. The number of nitrogens with one attached hydrogen (secondary N) is 1. The summed E-state index contributed by atoms with van der Waals surface area (Å²) in [5.41, 5.74) is 5.49. The van der Waals surface area contributed by atoms with Gasteiger partial charge in [0.2, 0.25) is 5.91 Å². The van der Waals surface area contributed by atoms with Crippen LogP contribution in [0.15, 0.2) is 72.8 Å². The molecule has 4 nitrogen and oxygen atoms in total. The molecule has 0 unspecified atom stereocenters. The Morgan fingerprint density at radius 2 is 1.62 bits per heavy atom. The number of amides is 2. The summed E-state index contributed by atoms with van der Waals surface area (Å²) < 4.78 is 0. The number of aryl methyl sites for hydroxylation is 1. The Labute approximate surface area is 194 Å². The van der Waals surface area contributed by atoms with Crippen molar-refractivity contribution in [2.45, 2.75) is 38.5 Å². The first-order chi connectivity index (χ1) is 15.2. The molecule has 32 heavy (non-hydrogen) atoms. The zero-order valence-corrected chi connectivity index (χ0v) is 19.7. The molecule has 1 heterocycles. The van der Waals surface area contributed by atoms with E-state index in [9.17, 15) is 9.59 Å². The van der Waals surface area contributed by atoms with E-state index in [1.54, 1.807) is 11.8 Å². The van der Waals surface area contributed by atoms with Gasteiger partial charge < -0.3 is 5.32 Å². The second-order valence-corrected chi connectivity index (χ2v) is 10.2. The lowest BCUT2D eigenvalue weighted by Crippen LogP contribution is -2.28. The molecule has 0 bridgehead atoms. The molecule has 0 spiro atoms. The summed E-state index contributed by atoms with van der Waals surface area (Å²) in [6, 6.07) is 23.4. The Hall–Kier alpha value is -3.05. The third-order valence-electron chi connectivity index (χ3n) is 5.67. The minimum absolute atomic E-state index is 0.0350. The van der Waals surface area contributed by atoms with Gasteiger partial charge in [0.1, 0.15) is 5.37 Å². The van der Waals surface area contributed by atoms with Crippen molar-refractivity contribution in [3.8, 4) is 0 Å². The lowest BCUT2D eigenvalue weighted by Gasteiger charge is -2.26. The molecule has 0 aromatic heterocycles. The first-order valence-corrected chi connectivity index (χ1v) is 11.8. The summed E-state index contributed by atoms with van der Waals surface area (Å²) >= 11 is 1.58. The van der Waals surface area contributed by atoms with Gasteiger partial charge in [-0.3, -0.25) is 14.5 Å². The quantitative estimate of drug-likeness (QED) is 0.512. The van der Waals surface area contributed by atoms with E-state index in [1.807, 2.05) is 84.6 Å². The van der Waals surface area contributed by atoms with Gasteiger partial charge >= 0.3 is 0 Å². The third-order valence-corrected chi connectivity index (χ3v) is 6.86. The number of carbonyl (C=O) groups is 2. The van der Waals surface area contributed by atoms with Crippen molar-refractivity contribution in [3.63, 3.8) is 0 Å². The molecule has 2 amide bonds. The van der Waals surface area contributed by atoms with Gasteiger partial charge in [-0.1, -0.05) is 68.8 Å². The van der Waals surface area contributed by atoms with E-state index in [-0.39, 0.29) is 22.6 Å². The maximum absolute atomic E-state index is 13.0. The maximum Gasteiger partial charge on any atom is 0.255 e. The number of hydrogen-bond donors (Lipinski definition) is 1. The molecule has 164 valence electrons. The molecule has 3 aromatic carbocycles. The van der Waals surface area contributed by atoms with Gasteiger partial charge in [0.15, 0.2) is 0 Å². The Morgan fingerprint density at radius 3 is 2.28 bits per heavy atom. The van der Waals surface area contributed by atoms with Crippen molar-refractivity contribution < 1.29 is 9.59 Å². The smallest absolute Gasteiger partial charge is 0.255 e. The van der Waals surface area contributed by atoms with E-state index in [1.165, 1.54) is 5.56 Å². The van der Waals surface area contributed by atoms with Gasteiger partial charge in [-0.15, -0.1) is 11.8 Å². The Kier molecular flexibility index (Phi) is 6.11. The molecule has 3 aromatic rings. The first kappa shape index (κ1) is 22.2. The number of nitrogens with zero attached hydrogens (tertiary/aromatic N) is 1. The average molecular weight is 445 g/mol. The van der Waals surface area contributed by atoms with Crippen molar-refractivity contribution in [3.05, 3.63) is 95.1 Å². The molecule has 1 N–H and O–H groups in total. The second-order valence-electron chi connectivity index (χ2n) is 9.13. The zero-order chi connectivity index (χ0) is 22.9. The Morgan fingerprint density at radius 1 is 0.969 bits per heavy atom. The van der Waals surface area contributed by atoms with Crippen molar-refractivity contribution in [1.82, 2.24) is 0 Å². The Bertz CT molecular complexity index is 1130. The highest BCUT2D eigenvalue weighted by atomic mass is 32.2. The van der Waals surface area contributed by atoms with E-state index < -0.39 is 0 Å². The number of para-hydroxylation sites is 1. The van der Waals surface area contributed by atoms with E-state index in [0.29, 0.717) is 11.3 Å². The largest absolute Gasteiger partial charge is 0.322 e. The summed E-state index contributed by atoms with van der Waals surface area (Å²) in [5, 5.41) is 2.88. The van der Waals surface area contributed by atoms with E-state index in [0.717, 1.165) is 22.5 Å². The van der Waals surface area contributed by atoms with Crippen LogP contribution in [-0.4, -0.2) is 17.6 Å². The molecule has 0 aliphatic carbocycles. The molecule has 1 atom stereocenters. The number of thioether (sulfide) groups is 1. The van der Waals surface area contributed by atoms with Crippen LogP contribution >= 0.6 is 11.8 Å². The average Bonchev–Trinajstić information content (AvgIpc) is 3.15. The Balaban J connectivity index is 1.60. The van der Waals surface area contributed by atoms with Crippen molar-refractivity contribution in [2.75, 3.05) is 16.0 Å². The van der Waals surface area contributed by atoms with Gasteiger partial charge in [0.25, 0.3) is 5.91 Å². The highest BCUT2D eigenvalue weighted by Gasteiger charge is 2.35. The highest BCUT2D eigenvalue weighted by Crippen LogP contribution is 2.44. The summed E-state index contributed by atoms with van der Waals surface area (Å²) in [4.78, 5) is 27.6. The highest BCUT2D eigenvalue weighted by molar-refractivity contribution is 8.00. The summed E-state index contributed by atoms with van der Waals surface area (Å²) in [6.45, 7) is 8.48. The zero-order valence-electron chi connectivity index (χ0n) is 18.9. The molecule has 1 aliphatic heterocycles. The fourth-order valence-corrected chi connectivity index (χ4v) is 4.99. The monoisotopic (exact) mass is 444 g/mol. The topological polar surface area (TPSA) is 49.4 Å². The van der Waals surface area contributed by atoms with Crippen molar-refractivity contribution in [1.29, 1.82) is 0 Å². The number of rotatable bonds is 4. The SMILES string of the molecule is Cc1ccc(N2C(=O)CS[C@@H]2c2ccccc2NC(=O)c2ccc(C(C)(C)C)cc2)cc1. The molecule has 5 heteroatoms. The van der Waals surface area contributed by atoms with Crippen LogP contribution in [0.2, 0.25) is 0 Å². The minimum Gasteiger partial charge on any atom is -0.322 e. The predicted molar refractivity (Wildman–Crippen MR) is 133 cm³/mol. The lowest BCUT2D eigenvalue weighted by atomic mass is 9.86. The summed E-state index contributed by atoms with van der Waals surface area (Å²) in [6.07, 6.45) is 0. The van der Waals surface area contributed by atoms with Crippen LogP contribution in [0.5, 0.6) is 0 Å². The molecule has 0 radical (unpaired) electrons. The number of carbonyl (C=O) groups excluding carboxylic acids is 2. The van der Waals surface area contributed by atoms with Crippen LogP contribution in [0.1, 0.15) is 53.2 Å². The maximum atomic E-state index is 13.0.